The molecule has 0 aliphatic carbocycles. The van der Waals surface area contributed by atoms with Crippen LogP contribution in [0.25, 0.3) is 0 Å². The minimum atomic E-state index is -0.835. The Morgan fingerprint density at radius 1 is 1.47 bits per heavy atom. The third-order valence-corrected chi connectivity index (χ3v) is 3.67. The zero-order valence-corrected chi connectivity index (χ0v) is 10.3. The molecule has 0 spiro atoms. The number of carboxylic acid groups (broad SMARTS) is 1. The third-order valence-electron chi connectivity index (χ3n) is 3.67. The average Bonchev–Trinajstić information content (AvgIpc) is 2.76. The predicted molar refractivity (Wildman–Crippen MR) is 66.2 cm³/mol. The SMILES string of the molecule is CN1CCC(CCn2cccc2C(=O)O)CC1. The molecule has 0 aromatic carbocycles. The van der Waals surface area contributed by atoms with Gasteiger partial charge in [0.25, 0.3) is 0 Å². The largest absolute Gasteiger partial charge is 0.477 e. The lowest BCUT2D eigenvalue weighted by atomic mass is 9.94. The Hall–Kier alpha value is -1.29. The van der Waals surface area contributed by atoms with Gasteiger partial charge in [0.1, 0.15) is 5.69 Å². The summed E-state index contributed by atoms with van der Waals surface area (Å²) in [5, 5.41) is 9.00. The first-order chi connectivity index (χ1) is 8.16. The van der Waals surface area contributed by atoms with Crippen molar-refractivity contribution in [2.75, 3.05) is 20.1 Å². The van der Waals surface area contributed by atoms with Crippen molar-refractivity contribution < 1.29 is 9.90 Å². The highest BCUT2D eigenvalue weighted by molar-refractivity contribution is 5.85. The van der Waals surface area contributed by atoms with E-state index in [1.165, 1.54) is 25.9 Å². The number of piperidine rings is 1. The lowest BCUT2D eigenvalue weighted by Crippen LogP contribution is -2.30. The van der Waals surface area contributed by atoms with Crippen molar-refractivity contribution in [3.8, 4) is 0 Å². The lowest BCUT2D eigenvalue weighted by molar-refractivity contribution is 0.0684. The molecule has 1 aromatic rings. The van der Waals surface area contributed by atoms with E-state index in [0.717, 1.165) is 18.9 Å². The maximum atomic E-state index is 10.9. The number of nitrogens with zero attached hydrogens (tertiary/aromatic N) is 2. The Labute approximate surface area is 102 Å². The van der Waals surface area contributed by atoms with Crippen molar-refractivity contribution in [2.24, 2.45) is 5.92 Å². The zero-order chi connectivity index (χ0) is 12.3. The van der Waals surface area contributed by atoms with E-state index in [1.807, 2.05) is 10.8 Å². The number of hydrogen-bond acceptors (Lipinski definition) is 2. The molecule has 1 N–H and O–H groups in total. The first-order valence-corrected chi connectivity index (χ1v) is 6.24. The molecule has 2 heterocycles. The van der Waals surface area contributed by atoms with Gasteiger partial charge >= 0.3 is 5.97 Å². The molecule has 0 atom stereocenters. The number of aromatic carboxylic acids is 1. The summed E-state index contributed by atoms with van der Waals surface area (Å²) in [5.41, 5.74) is 0.401. The van der Waals surface area contributed by atoms with Crippen LogP contribution in [0.2, 0.25) is 0 Å². The summed E-state index contributed by atoms with van der Waals surface area (Å²) in [6.07, 6.45) is 5.42. The Morgan fingerprint density at radius 2 is 2.18 bits per heavy atom. The van der Waals surface area contributed by atoms with Gasteiger partial charge in [0.15, 0.2) is 0 Å². The van der Waals surface area contributed by atoms with E-state index >= 15 is 0 Å². The van der Waals surface area contributed by atoms with Crippen LogP contribution in [0.1, 0.15) is 29.8 Å². The van der Waals surface area contributed by atoms with E-state index < -0.39 is 5.97 Å². The fourth-order valence-electron chi connectivity index (χ4n) is 2.48. The topological polar surface area (TPSA) is 45.5 Å². The number of aryl methyl sites for hydroxylation is 1. The molecule has 1 fully saturated rings. The van der Waals surface area contributed by atoms with Gasteiger partial charge in [0.05, 0.1) is 0 Å². The zero-order valence-electron chi connectivity index (χ0n) is 10.3. The van der Waals surface area contributed by atoms with Crippen molar-refractivity contribution >= 4 is 5.97 Å². The average molecular weight is 236 g/mol. The van der Waals surface area contributed by atoms with Gasteiger partial charge in [-0.05, 0) is 57.5 Å². The number of rotatable bonds is 4. The van der Waals surface area contributed by atoms with E-state index in [-0.39, 0.29) is 0 Å². The Bertz CT molecular complexity index is 379. The van der Waals surface area contributed by atoms with Crippen molar-refractivity contribution in [2.45, 2.75) is 25.8 Å². The Morgan fingerprint density at radius 3 is 2.82 bits per heavy atom. The normalized spacial score (nSPS) is 18.4. The molecule has 2 rings (SSSR count). The molecule has 0 amide bonds. The predicted octanol–water partition coefficient (Wildman–Crippen LogP) is 1.92. The number of aromatic nitrogens is 1. The van der Waals surface area contributed by atoms with Crippen LogP contribution in [-0.2, 0) is 6.54 Å². The highest BCUT2D eigenvalue weighted by atomic mass is 16.4. The van der Waals surface area contributed by atoms with E-state index in [9.17, 15) is 4.79 Å². The number of likely N-dealkylation sites (tertiary alicyclic amines) is 1. The van der Waals surface area contributed by atoms with Crippen molar-refractivity contribution in [1.82, 2.24) is 9.47 Å². The molecule has 17 heavy (non-hydrogen) atoms. The van der Waals surface area contributed by atoms with Gasteiger partial charge in [-0.2, -0.15) is 0 Å². The van der Waals surface area contributed by atoms with Crippen LogP contribution < -0.4 is 0 Å². The molecule has 1 saturated heterocycles. The molecule has 94 valence electrons. The highest BCUT2D eigenvalue weighted by Crippen LogP contribution is 2.20. The van der Waals surface area contributed by atoms with Gasteiger partial charge in [0, 0.05) is 12.7 Å². The van der Waals surface area contributed by atoms with Crippen molar-refractivity contribution in [3.63, 3.8) is 0 Å². The summed E-state index contributed by atoms with van der Waals surface area (Å²) in [4.78, 5) is 13.3. The summed E-state index contributed by atoms with van der Waals surface area (Å²) in [7, 11) is 2.16. The standard InChI is InChI=1S/C13H20N2O2/c1-14-8-4-11(5-9-14)6-10-15-7-2-3-12(15)13(16)17/h2-3,7,11H,4-6,8-10H2,1H3,(H,16,17). The molecular weight excluding hydrogens is 216 g/mol. The third kappa shape index (κ3) is 3.09. The van der Waals surface area contributed by atoms with Crippen LogP contribution in [0.4, 0.5) is 0 Å². The first-order valence-electron chi connectivity index (χ1n) is 6.24. The van der Waals surface area contributed by atoms with Gasteiger partial charge in [-0.3, -0.25) is 0 Å². The minimum absolute atomic E-state index is 0.401. The quantitative estimate of drug-likeness (QED) is 0.868. The van der Waals surface area contributed by atoms with Crippen LogP contribution in [-0.4, -0.2) is 40.7 Å². The van der Waals surface area contributed by atoms with E-state index in [2.05, 4.69) is 11.9 Å². The fourth-order valence-corrected chi connectivity index (χ4v) is 2.48. The second-order valence-electron chi connectivity index (χ2n) is 4.93. The monoisotopic (exact) mass is 236 g/mol. The molecule has 1 aromatic heterocycles. The minimum Gasteiger partial charge on any atom is -0.477 e. The Balaban J connectivity index is 1.85. The first kappa shape index (κ1) is 12.2. The maximum Gasteiger partial charge on any atom is 0.352 e. The maximum absolute atomic E-state index is 10.9. The van der Waals surface area contributed by atoms with E-state index in [4.69, 9.17) is 5.11 Å². The highest BCUT2D eigenvalue weighted by Gasteiger charge is 2.17. The molecule has 0 radical (unpaired) electrons. The van der Waals surface area contributed by atoms with Crippen LogP contribution >= 0.6 is 0 Å². The number of hydrogen-bond donors (Lipinski definition) is 1. The number of carbonyl (C=O) groups is 1. The molecule has 0 unspecified atom stereocenters. The molecular formula is C13H20N2O2. The lowest BCUT2D eigenvalue weighted by Gasteiger charge is -2.29. The molecule has 0 bridgehead atoms. The summed E-state index contributed by atoms with van der Waals surface area (Å²) in [5.74, 6) is -0.0892. The summed E-state index contributed by atoms with van der Waals surface area (Å²) < 4.78 is 1.85. The second kappa shape index (κ2) is 5.36. The molecule has 4 heteroatoms. The van der Waals surface area contributed by atoms with Crippen LogP contribution in [0.5, 0.6) is 0 Å². The molecule has 1 aliphatic heterocycles. The Kier molecular flexibility index (Phi) is 3.84. The van der Waals surface area contributed by atoms with Crippen molar-refractivity contribution in [3.05, 3.63) is 24.0 Å². The molecule has 0 saturated carbocycles. The van der Waals surface area contributed by atoms with Crippen LogP contribution in [0, 0.1) is 5.92 Å². The van der Waals surface area contributed by atoms with E-state index in [0.29, 0.717) is 5.69 Å². The van der Waals surface area contributed by atoms with Gasteiger partial charge < -0.3 is 14.6 Å². The van der Waals surface area contributed by atoms with Crippen LogP contribution in [0.3, 0.4) is 0 Å². The van der Waals surface area contributed by atoms with Gasteiger partial charge in [-0.25, -0.2) is 4.79 Å². The van der Waals surface area contributed by atoms with Crippen molar-refractivity contribution in [1.29, 1.82) is 0 Å². The van der Waals surface area contributed by atoms with Gasteiger partial charge in [0.2, 0.25) is 0 Å². The van der Waals surface area contributed by atoms with Gasteiger partial charge in [-0.1, -0.05) is 0 Å². The number of carboxylic acids is 1. The smallest absolute Gasteiger partial charge is 0.352 e. The summed E-state index contributed by atoms with van der Waals surface area (Å²) in [6, 6.07) is 3.47. The molecule has 1 aliphatic rings. The van der Waals surface area contributed by atoms with Gasteiger partial charge in [-0.15, -0.1) is 0 Å². The fraction of sp³-hybridized carbons (Fsp3) is 0.615. The summed E-state index contributed by atoms with van der Waals surface area (Å²) >= 11 is 0. The van der Waals surface area contributed by atoms with E-state index in [1.54, 1.807) is 12.1 Å². The summed E-state index contributed by atoms with van der Waals surface area (Å²) in [6.45, 7) is 3.16. The molecule has 4 nitrogen and oxygen atoms in total. The second-order valence-corrected chi connectivity index (χ2v) is 4.93. The van der Waals surface area contributed by atoms with Crippen LogP contribution in [0.15, 0.2) is 18.3 Å².